The van der Waals surface area contributed by atoms with Gasteiger partial charge in [0.05, 0.1) is 12.5 Å². The van der Waals surface area contributed by atoms with E-state index in [0.717, 1.165) is 19.6 Å². The fraction of sp³-hybridized carbons (Fsp3) is 0.692. The predicted molar refractivity (Wildman–Crippen MR) is 65.3 cm³/mol. The topological polar surface area (TPSA) is 28.4 Å². The lowest BCUT2D eigenvalue weighted by Gasteiger charge is -2.32. The molecule has 0 aliphatic carbocycles. The lowest BCUT2D eigenvalue weighted by atomic mass is 9.98. The average Bonchev–Trinajstić information content (AvgIpc) is 2.69. The van der Waals surface area contributed by atoms with Crippen molar-refractivity contribution in [1.82, 2.24) is 10.2 Å². The van der Waals surface area contributed by atoms with Gasteiger partial charge in [0.2, 0.25) is 0 Å². The maximum atomic E-state index is 5.12. The van der Waals surface area contributed by atoms with Crippen LogP contribution in [0.2, 0.25) is 0 Å². The lowest BCUT2D eigenvalue weighted by Crippen LogP contribution is -2.48. The number of furan rings is 1. The maximum Gasteiger partial charge on any atom is 0.0947 e. The SMILES string of the molecule is CCC1(C)CN(Cc2ccoc2)CCCN1. The number of hydrogen-bond acceptors (Lipinski definition) is 3. The van der Waals surface area contributed by atoms with Crippen LogP contribution < -0.4 is 5.32 Å². The third-order valence-corrected chi connectivity index (χ3v) is 3.54. The van der Waals surface area contributed by atoms with Crippen LogP contribution in [-0.4, -0.2) is 30.1 Å². The van der Waals surface area contributed by atoms with Crippen LogP contribution in [-0.2, 0) is 6.54 Å². The second kappa shape index (κ2) is 5.02. The summed E-state index contributed by atoms with van der Waals surface area (Å²) < 4.78 is 5.12. The standard InChI is InChI=1S/C13H22N2O/c1-3-13(2)11-15(7-4-6-14-13)9-12-5-8-16-10-12/h5,8,10,14H,3-4,6-7,9,11H2,1-2H3. The van der Waals surface area contributed by atoms with Crippen LogP contribution in [0.1, 0.15) is 32.3 Å². The van der Waals surface area contributed by atoms with E-state index in [2.05, 4.69) is 30.1 Å². The summed E-state index contributed by atoms with van der Waals surface area (Å²) in [5.41, 5.74) is 1.54. The van der Waals surface area contributed by atoms with Crippen LogP contribution in [0.3, 0.4) is 0 Å². The van der Waals surface area contributed by atoms with Crippen molar-refractivity contribution in [2.45, 2.75) is 38.8 Å². The summed E-state index contributed by atoms with van der Waals surface area (Å²) in [6, 6.07) is 2.06. The van der Waals surface area contributed by atoms with Gasteiger partial charge >= 0.3 is 0 Å². The number of rotatable bonds is 3. The molecule has 0 saturated carbocycles. The van der Waals surface area contributed by atoms with Crippen LogP contribution in [0, 0.1) is 0 Å². The van der Waals surface area contributed by atoms with Gasteiger partial charge in [0, 0.05) is 24.2 Å². The van der Waals surface area contributed by atoms with Crippen molar-refractivity contribution in [3.8, 4) is 0 Å². The van der Waals surface area contributed by atoms with E-state index in [-0.39, 0.29) is 5.54 Å². The summed E-state index contributed by atoms with van der Waals surface area (Å²) in [4.78, 5) is 2.52. The van der Waals surface area contributed by atoms with Crippen LogP contribution >= 0.6 is 0 Å². The fourth-order valence-electron chi connectivity index (χ4n) is 2.33. The van der Waals surface area contributed by atoms with Crippen molar-refractivity contribution in [2.24, 2.45) is 0 Å². The molecule has 0 amide bonds. The Labute approximate surface area is 97.8 Å². The Morgan fingerprint density at radius 1 is 1.56 bits per heavy atom. The van der Waals surface area contributed by atoms with E-state index < -0.39 is 0 Å². The fourth-order valence-corrected chi connectivity index (χ4v) is 2.33. The zero-order valence-electron chi connectivity index (χ0n) is 10.3. The smallest absolute Gasteiger partial charge is 0.0947 e. The molecule has 2 rings (SSSR count). The van der Waals surface area contributed by atoms with E-state index in [0.29, 0.717) is 0 Å². The molecule has 0 radical (unpaired) electrons. The van der Waals surface area contributed by atoms with Crippen LogP contribution in [0.4, 0.5) is 0 Å². The van der Waals surface area contributed by atoms with E-state index in [1.54, 1.807) is 6.26 Å². The van der Waals surface area contributed by atoms with Crippen LogP contribution in [0.25, 0.3) is 0 Å². The van der Waals surface area contributed by atoms with Crippen molar-refractivity contribution in [3.63, 3.8) is 0 Å². The van der Waals surface area contributed by atoms with E-state index in [9.17, 15) is 0 Å². The Kier molecular flexibility index (Phi) is 3.66. The minimum atomic E-state index is 0.264. The third-order valence-electron chi connectivity index (χ3n) is 3.54. The lowest BCUT2D eigenvalue weighted by molar-refractivity contribution is 0.208. The number of nitrogens with one attached hydrogen (secondary N) is 1. The Morgan fingerprint density at radius 2 is 2.44 bits per heavy atom. The number of hydrogen-bond donors (Lipinski definition) is 1. The summed E-state index contributed by atoms with van der Waals surface area (Å²) in [6.45, 7) is 9.01. The largest absolute Gasteiger partial charge is 0.472 e. The van der Waals surface area contributed by atoms with Gasteiger partial charge < -0.3 is 9.73 Å². The zero-order chi connectivity index (χ0) is 11.4. The summed E-state index contributed by atoms with van der Waals surface area (Å²) in [7, 11) is 0. The van der Waals surface area contributed by atoms with Crippen molar-refractivity contribution < 1.29 is 4.42 Å². The minimum Gasteiger partial charge on any atom is -0.472 e. The second-order valence-electron chi connectivity index (χ2n) is 5.04. The molecule has 0 spiro atoms. The molecule has 1 unspecified atom stereocenters. The van der Waals surface area contributed by atoms with Gasteiger partial charge in [-0.15, -0.1) is 0 Å². The molecule has 1 aliphatic heterocycles. The van der Waals surface area contributed by atoms with Crippen molar-refractivity contribution in [1.29, 1.82) is 0 Å². The van der Waals surface area contributed by atoms with Crippen molar-refractivity contribution >= 4 is 0 Å². The molecular weight excluding hydrogens is 200 g/mol. The number of nitrogens with zero attached hydrogens (tertiary/aromatic N) is 1. The van der Waals surface area contributed by atoms with Gasteiger partial charge in [0.25, 0.3) is 0 Å². The normalized spacial score (nSPS) is 27.9. The van der Waals surface area contributed by atoms with Gasteiger partial charge in [-0.2, -0.15) is 0 Å². The molecular formula is C13H22N2O. The Bertz CT molecular complexity index is 310. The zero-order valence-corrected chi connectivity index (χ0v) is 10.3. The first-order chi connectivity index (χ1) is 7.72. The minimum absolute atomic E-state index is 0.264. The highest BCUT2D eigenvalue weighted by Crippen LogP contribution is 2.17. The van der Waals surface area contributed by atoms with Gasteiger partial charge in [-0.05, 0) is 38.9 Å². The maximum absolute atomic E-state index is 5.12. The summed E-state index contributed by atoms with van der Waals surface area (Å²) in [6.07, 6.45) is 6.01. The van der Waals surface area contributed by atoms with E-state index in [4.69, 9.17) is 4.42 Å². The molecule has 1 aliphatic rings. The summed E-state index contributed by atoms with van der Waals surface area (Å²) in [5, 5.41) is 3.65. The Balaban J connectivity index is 1.98. The van der Waals surface area contributed by atoms with E-state index in [1.165, 1.54) is 24.9 Å². The molecule has 90 valence electrons. The molecule has 1 aromatic rings. The van der Waals surface area contributed by atoms with Crippen LogP contribution in [0.15, 0.2) is 23.0 Å². The van der Waals surface area contributed by atoms with Gasteiger partial charge in [-0.1, -0.05) is 6.92 Å². The van der Waals surface area contributed by atoms with Gasteiger partial charge in [0.15, 0.2) is 0 Å². The molecule has 16 heavy (non-hydrogen) atoms. The quantitative estimate of drug-likeness (QED) is 0.850. The molecule has 1 atom stereocenters. The molecule has 0 aromatic carbocycles. The van der Waals surface area contributed by atoms with Crippen LogP contribution in [0.5, 0.6) is 0 Å². The average molecular weight is 222 g/mol. The monoisotopic (exact) mass is 222 g/mol. The Hall–Kier alpha value is -0.800. The molecule has 3 heteroatoms. The first-order valence-electron chi connectivity index (χ1n) is 6.20. The molecule has 1 fully saturated rings. The summed E-state index contributed by atoms with van der Waals surface area (Å²) in [5.74, 6) is 0. The third kappa shape index (κ3) is 2.86. The van der Waals surface area contributed by atoms with Crippen molar-refractivity contribution in [2.75, 3.05) is 19.6 Å². The van der Waals surface area contributed by atoms with Gasteiger partial charge in [-0.3, -0.25) is 4.90 Å². The first kappa shape index (κ1) is 11.7. The first-order valence-corrected chi connectivity index (χ1v) is 6.20. The molecule has 3 nitrogen and oxygen atoms in total. The highest BCUT2D eigenvalue weighted by Gasteiger charge is 2.26. The second-order valence-corrected chi connectivity index (χ2v) is 5.04. The van der Waals surface area contributed by atoms with E-state index in [1.807, 2.05) is 6.26 Å². The highest BCUT2D eigenvalue weighted by atomic mass is 16.3. The van der Waals surface area contributed by atoms with Gasteiger partial charge in [-0.25, -0.2) is 0 Å². The Morgan fingerprint density at radius 3 is 3.12 bits per heavy atom. The highest BCUT2D eigenvalue weighted by molar-refractivity contribution is 5.05. The van der Waals surface area contributed by atoms with Crippen molar-refractivity contribution in [3.05, 3.63) is 24.2 Å². The van der Waals surface area contributed by atoms with E-state index >= 15 is 0 Å². The molecule has 1 saturated heterocycles. The molecule has 1 N–H and O–H groups in total. The molecule has 0 bridgehead atoms. The summed E-state index contributed by atoms with van der Waals surface area (Å²) >= 11 is 0. The molecule has 2 heterocycles. The molecule has 1 aromatic heterocycles. The van der Waals surface area contributed by atoms with Gasteiger partial charge in [0.1, 0.15) is 0 Å². The predicted octanol–water partition coefficient (Wildman–Crippen LogP) is 2.24.